The van der Waals surface area contributed by atoms with Crippen LogP contribution in [0.5, 0.6) is 5.75 Å². The van der Waals surface area contributed by atoms with Crippen LogP contribution < -0.4 is 10.5 Å². The van der Waals surface area contributed by atoms with E-state index in [0.717, 1.165) is 30.7 Å². The van der Waals surface area contributed by atoms with Crippen LogP contribution in [0.3, 0.4) is 0 Å². The third-order valence-corrected chi connectivity index (χ3v) is 4.00. The lowest BCUT2D eigenvalue weighted by Gasteiger charge is -2.26. The Bertz CT molecular complexity index is 578. The number of ether oxygens (including phenoxy) is 1. The topological polar surface area (TPSA) is 55.5 Å². The van der Waals surface area contributed by atoms with Crippen LogP contribution in [0.25, 0.3) is 0 Å². The average molecular weight is 313 g/mol. The van der Waals surface area contributed by atoms with Gasteiger partial charge >= 0.3 is 0 Å². The van der Waals surface area contributed by atoms with Crippen molar-refractivity contribution in [3.05, 3.63) is 60.2 Å². The molecule has 2 aromatic carbocycles. The van der Waals surface area contributed by atoms with Crippen LogP contribution in [-0.4, -0.2) is 17.8 Å². The number of benzene rings is 2. The molecular weight excluding hydrogens is 286 g/mol. The maximum absolute atomic E-state index is 10.1. The summed E-state index contributed by atoms with van der Waals surface area (Å²) in [6.07, 6.45) is 2.20. The van der Waals surface area contributed by atoms with Gasteiger partial charge in [-0.3, -0.25) is 0 Å². The largest absolute Gasteiger partial charge is 0.491 e. The highest BCUT2D eigenvalue weighted by Crippen LogP contribution is 2.28. The summed E-state index contributed by atoms with van der Waals surface area (Å²) in [7, 11) is 0. The standard InChI is InChI=1S/C20H27NO2/c1-20(2,14-16-8-10-17(21)11-9-16)13-12-18(22)15-23-19-6-4-3-5-7-19/h3-11,18,22H,12-15,21H2,1-2H3. The lowest BCUT2D eigenvalue weighted by molar-refractivity contribution is 0.0870. The van der Waals surface area contributed by atoms with E-state index in [1.165, 1.54) is 5.56 Å². The third kappa shape index (κ3) is 6.33. The van der Waals surface area contributed by atoms with Crippen molar-refractivity contribution in [1.82, 2.24) is 0 Å². The van der Waals surface area contributed by atoms with Crippen molar-refractivity contribution in [3.63, 3.8) is 0 Å². The number of rotatable bonds is 8. The number of nitrogens with two attached hydrogens (primary N) is 1. The number of anilines is 1. The molecule has 3 heteroatoms. The van der Waals surface area contributed by atoms with Gasteiger partial charge in [-0.1, -0.05) is 44.2 Å². The van der Waals surface area contributed by atoms with E-state index >= 15 is 0 Å². The molecule has 0 aromatic heterocycles. The molecule has 0 saturated carbocycles. The zero-order chi connectivity index (χ0) is 16.7. The summed E-state index contributed by atoms with van der Waals surface area (Å²) < 4.78 is 5.60. The Hall–Kier alpha value is -2.00. The molecule has 0 aliphatic heterocycles. The molecule has 0 amide bonds. The molecule has 0 aliphatic rings. The van der Waals surface area contributed by atoms with Crippen molar-refractivity contribution in [1.29, 1.82) is 0 Å². The van der Waals surface area contributed by atoms with Gasteiger partial charge in [0.2, 0.25) is 0 Å². The Kier molecular flexibility index (Phi) is 6.05. The van der Waals surface area contributed by atoms with Crippen LogP contribution in [0, 0.1) is 5.41 Å². The van der Waals surface area contributed by atoms with Crippen molar-refractivity contribution in [2.75, 3.05) is 12.3 Å². The minimum absolute atomic E-state index is 0.129. The van der Waals surface area contributed by atoms with Gasteiger partial charge in [0.1, 0.15) is 12.4 Å². The molecule has 124 valence electrons. The third-order valence-electron chi connectivity index (χ3n) is 4.00. The summed E-state index contributed by atoms with van der Waals surface area (Å²) >= 11 is 0. The molecule has 0 radical (unpaired) electrons. The van der Waals surface area contributed by atoms with E-state index in [4.69, 9.17) is 10.5 Å². The zero-order valence-electron chi connectivity index (χ0n) is 14.0. The molecule has 3 N–H and O–H groups in total. The molecule has 0 saturated heterocycles. The van der Waals surface area contributed by atoms with E-state index in [1.54, 1.807) is 0 Å². The van der Waals surface area contributed by atoms with E-state index < -0.39 is 6.10 Å². The first kappa shape index (κ1) is 17.4. The highest BCUT2D eigenvalue weighted by molar-refractivity contribution is 5.39. The number of aliphatic hydroxyl groups is 1. The average Bonchev–Trinajstić information content (AvgIpc) is 2.54. The summed E-state index contributed by atoms with van der Waals surface area (Å²) in [4.78, 5) is 0. The van der Waals surface area contributed by atoms with Gasteiger partial charge in [0.25, 0.3) is 0 Å². The zero-order valence-corrected chi connectivity index (χ0v) is 14.0. The summed E-state index contributed by atoms with van der Waals surface area (Å²) in [5.74, 6) is 0.799. The van der Waals surface area contributed by atoms with E-state index in [2.05, 4.69) is 26.0 Å². The molecule has 0 bridgehead atoms. The quantitative estimate of drug-likeness (QED) is 0.723. The molecule has 0 heterocycles. The van der Waals surface area contributed by atoms with Crippen LogP contribution in [0.4, 0.5) is 5.69 Å². The molecule has 0 spiro atoms. The van der Waals surface area contributed by atoms with Crippen molar-refractivity contribution in [2.45, 2.75) is 39.2 Å². The monoisotopic (exact) mass is 313 g/mol. The number of hydrogen-bond acceptors (Lipinski definition) is 3. The van der Waals surface area contributed by atoms with Gasteiger partial charge in [0.05, 0.1) is 6.10 Å². The van der Waals surface area contributed by atoms with Crippen LogP contribution in [0.1, 0.15) is 32.3 Å². The van der Waals surface area contributed by atoms with Crippen molar-refractivity contribution in [3.8, 4) is 5.75 Å². The Morgan fingerprint density at radius 2 is 1.70 bits per heavy atom. The van der Waals surface area contributed by atoms with Gasteiger partial charge < -0.3 is 15.6 Å². The highest BCUT2D eigenvalue weighted by Gasteiger charge is 2.20. The maximum Gasteiger partial charge on any atom is 0.119 e. The molecular formula is C20H27NO2. The molecule has 1 atom stereocenters. The Morgan fingerprint density at radius 1 is 1.04 bits per heavy atom. The van der Waals surface area contributed by atoms with E-state index in [-0.39, 0.29) is 5.41 Å². The van der Waals surface area contributed by atoms with Gasteiger partial charge in [-0.15, -0.1) is 0 Å². The highest BCUT2D eigenvalue weighted by atomic mass is 16.5. The Morgan fingerprint density at radius 3 is 2.35 bits per heavy atom. The normalized spacial score (nSPS) is 12.8. The number of para-hydroxylation sites is 1. The lowest BCUT2D eigenvalue weighted by atomic mass is 9.81. The fraction of sp³-hybridized carbons (Fsp3) is 0.400. The smallest absolute Gasteiger partial charge is 0.119 e. The van der Waals surface area contributed by atoms with Gasteiger partial charge in [-0.25, -0.2) is 0 Å². The molecule has 2 aromatic rings. The summed E-state index contributed by atoms with van der Waals surface area (Å²) in [5, 5.41) is 10.1. The van der Waals surface area contributed by atoms with Gasteiger partial charge in [-0.2, -0.15) is 0 Å². The second-order valence-corrected chi connectivity index (χ2v) is 6.90. The molecule has 0 aliphatic carbocycles. The van der Waals surface area contributed by atoms with Crippen molar-refractivity contribution >= 4 is 5.69 Å². The minimum Gasteiger partial charge on any atom is -0.491 e. The maximum atomic E-state index is 10.1. The SMILES string of the molecule is CC(C)(CCC(O)COc1ccccc1)Cc1ccc(N)cc1. The Labute approximate surface area is 139 Å². The number of aliphatic hydroxyl groups excluding tert-OH is 1. The molecule has 1 unspecified atom stereocenters. The van der Waals surface area contributed by atoms with Crippen molar-refractivity contribution in [2.24, 2.45) is 5.41 Å². The molecule has 2 rings (SSSR count). The predicted octanol–water partition coefficient (Wildman–Crippen LogP) is 4.06. The minimum atomic E-state index is -0.444. The molecule has 3 nitrogen and oxygen atoms in total. The first-order valence-corrected chi connectivity index (χ1v) is 8.15. The lowest BCUT2D eigenvalue weighted by Crippen LogP contribution is -2.22. The summed E-state index contributed by atoms with van der Waals surface area (Å²) in [6, 6.07) is 17.6. The fourth-order valence-electron chi connectivity index (χ4n) is 2.63. The first-order valence-electron chi connectivity index (χ1n) is 8.15. The predicted molar refractivity (Wildman–Crippen MR) is 95.5 cm³/mol. The molecule has 0 fully saturated rings. The van der Waals surface area contributed by atoms with Gasteiger partial charge in [0, 0.05) is 5.69 Å². The number of nitrogen functional groups attached to an aromatic ring is 1. The van der Waals surface area contributed by atoms with Crippen LogP contribution in [0.2, 0.25) is 0 Å². The van der Waals surface area contributed by atoms with Gasteiger partial charge in [-0.05, 0) is 54.5 Å². The van der Waals surface area contributed by atoms with E-state index in [0.29, 0.717) is 6.61 Å². The van der Waals surface area contributed by atoms with Crippen LogP contribution >= 0.6 is 0 Å². The van der Waals surface area contributed by atoms with E-state index in [1.807, 2.05) is 42.5 Å². The summed E-state index contributed by atoms with van der Waals surface area (Å²) in [5.41, 5.74) is 7.92. The molecule has 23 heavy (non-hydrogen) atoms. The van der Waals surface area contributed by atoms with Gasteiger partial charge in [0.15, 0.2) is 0 Å². The number of hydrogen-bond donors (Lipinski definition) is 2. The summed E-state index contributed by atoms with van der Waals surface area (Å²) in [6.45, 7) is 4.80. The second-order valence-electron chi connectivity index (χ2n) is 6.90. The Balaban J connectivity index is 1.75. The van der Waals surface area contributed by atoms with E-state index in [9.17, 15) is 5.11 Å². The van der Waals surface area contributed by atoms with Crippen LogP contribution in [-0.2, 0) is 6.42 Å². The fourth-order valence-corrected chi connectivity index (χ4v) is 2.63. The second kappa shape index (κ2) is 8.02. The first-order chi connectivity index (χ1) is 10.9. The van der Waals surface area contributed by atoms with Crippen molar-refractivity contribution < 1.29 is 9.84 Å². The van der Waals surface area contributed by atoms with Crippen LogP contribution in [0.15, 0.2) is 54.6 Å².